The van der Waals surface area contributed by atoms with Gasteiger partial charge in [-0.3, -0.25) is 9.59 Å². The van der Waals surface area contributed by atoms with Crippen LogP contribution in [-0.4, -0.2) is 16.6 Å². The summed E-state index contributed by atoms with van der Waals surface area (Å²) in [7, 11) is 0. The van der Waals surface area contributed by atoms with Crippen molar-refractivity contribution in [3.05, 3.63) is 69.1 Å². The SMILES string of the molecule is CC1CCC(C)[C@H](OC(=O)Cc2ccc(Cn3cc(Cl)ccc3=O)cc2)C1. The summed E-state index contributed by atoms with van der Waals surface area (Å²) in [6.07, 6.45) is 5.23. The number of carbonyl (C=O) groups is 1. The number of pyridine rings is 1. The molecule has 1 saturated carbocycles. The molecule has 0 aliphatic heterocycles. The second-order valence-corrected chi connectivity index (χ2v) is 8.17. The smallest absolute Gasteiger partial charge is 0.310 e. The molecule has 1 heterocycles. The highest BCUT2D eigenvalue weighted by atomic mass is 35.5. The molecule has 0 saturated heterocycles. The topological polar surface area (TPSA) is 48.3 Å². The van der Waals surface area contributed by atoms with Gasteiger partial charge >= 0.3 is 5.97 Å². The van der Waals surface area contributed by atoms with Crippen LogP contribution < -0.4 is 5.56 Å². The van der Waals surface area contributed by atoms with E-state index in [4.69, 9.17) is 16.3 Å². The minimum atomic E-state index is -0.167. The van der Waals surface area contributed by atoms with Crippen molar-refractivity contribution in [2.45, 2.75) is 52.2 Å². The van der Waals surface area contributed by atoms with Crippen LogP contribution in [-0.2, 0) is 22.5 Å². The van der Waals surface area contributed by atoms with Crippen molar-refractivity contribution in [2.75, 3.05) is 0 Å². The molecular weight excluding hydrogens is 362 g/mol. The second-order valence-electron chi connectivity index (χ2n) is 7.73. The van der Waals surface area contributed by atoms with Crippen molar-refractivity contribution >= 4 is 17.6 Å². The molecule has 0 spiro atoms. The van der Waals surface area contributed by atoms with Crippen LogP contribution in [0.5, 0.6) is 0 Å². The normalized spacial score (nSPS) is 22.4. The Morgan fingerprint density at radius 1 is 1.11 bits per heavy atom. The van der Waals surface area contributed by atoms with Gasteiger partial charge in [-0.1, -0.05) is 56.1 Å². The van der Waals surface area contributed by atoms with Crippen LogP contribution in [0.1, 0.15) is 44.2 Å². The number of rotatable bonds is 5. The fourth-order valence-corrected chi connectivity index (χ4v) is 3.79. The molecule has 4 nitrogen and oxygen atoms in total. The van der Waals surface area contributed by atoms with E-state index in [1.807, 2.05) is 24.3 Å². The highest BCUT2D eigenvalue weighted by Crippen LogP contribution is 2.30. The van der Waals surface area contributed by atoms with E-state index in [0.717, 1.165) is 24.0 Å². The van der Waals surface area contributed by atoms with Gasteiger partial charge in [0, 0.05) is 12.3 Å². The van der Waals surface area contributed by atoms with E-state index in [9.17, 15) is 9.59 Å². The van der Waals surface area contributed by atoms with Crippen LogP contribution in [0.25, 0.3) is 0 Å². The minimum Gasteiger partial charge on any atom is -0.462 e. The molecule has 5 heteroatoms. The van der Waals surface area contributed by atoms with Crippen molar-refractivity contribution in [3.8, 4) is 0 Å². The van der Waals surface area contributed by atoms with Gasteiger partial charge in [0.05, 0.1) is 18.0 Å². The highest BCUT2D eigenvalue weighted by molar-refractivity contribution is 6.30. The average Bonchev–Trinajstić information content (AvgIpc) is 2.63. The maximum absolute atomic E-state index is 12.3. The molecule has 0 radical (unpaired) electrons. The number of nitrogens with zero attached hydrogens (tertiary/aromatic N) is 1. The third-order valence-electron chi connectivity index (χ3n) is 5.34. The summed E-state index contributed by atoms with van der Waals surface area (Å²) in [5.74, 6) is 0.886. The summed E-state index contributed by atoms with van der Waals surface area (Å²) in [5, 5.41) is 0.528. The minimum absolute atomic E-state index is 0.0372. The van der Waals surface area contributed by atoms with Gasteiger partial charge < -0.3 is 9.30 Å². The first kappa shape index (κ1) is 19.7. The lowest BCUT2D eigenvalue weighted by Crippen LogP contribution is -2.31. The number of esters is 1. The zero-order valence-electron chi connectivity index (χ0n) is 15.9. The first-order valence-electron chi connectivity index (χ1n) is 9.54. The summed E-state index contributed by atoms with van der Waals surface area (Å²) in [6.45, 7) is 4.83. The summed E-state index contributed by atoms with van der Waals surface area (Å²) in [6, 6.07) is 10.7. The van der Waals surface area contributed by atoms with Gasteiger partial charge in [0.15, 0.2) is 0 Å². The highest BCUT2D eigenvalue weighted by Gasteiger charge is 2.28. The fourth-order valence-electron chi connectivity index (χ4n) is 3.61. The average molecular weight is 388 g/mol. The number of hydrogen-bond donors (Lipinski definition) is 0. The quantitative estimate of drug-likeness (QED) is 0.711. The molecule has 3 rings (SSSR count). The molecule has 144 valence electrons. The summed E-state index contributed by atoms with van der Waals surface area (Å²) in [5.41, 5.74) is 1.80. The Morgan fingerprint density at radius 3 is 2.56 bits per heavy atom. The van der Waals surface area contributed by atoms with Gasteiger partial charge in [0.25, 0.3) is 5.56 Å². The molecule has 3 atom stereocenters. The number of aromatic nitrogens is 1. The molecule has 27 heavy (non-hydrogen) atoms. The molecule has 1 aromatic heterocycles. The lowest BCUT2D eigenvalue weighted by molar-refractivity contribution is -0.153. The monoisotopic (exact) mass is 387 g/mol. The van der Waals surface area contributed by atoms with Crippen LogP contribution >= 0.6 is 11.6 Å². The van der Waals surface area contributed by atoms with Crippen molar-refractivity contribution in [3.63, 3.8) is 0 Å². The number of carbonyl (C=O) groups excluding carboxylic acids is 1. The van der Waals surface area contributed by atoms with E-state index in [1.54, 1.807) is 16.8 Å². The Morgan fingerprint density at radius 2 is 1.81 bits per heavy atom. The van der Waals surface area contributed by atoms with Crippen molar-refractivity contribution < 1.29 is 9.53 Å². The van der Waals surface area contributed by atoms with Crippen LogP contribution in [0.15, 0.2) is 47.4 Å². The van der Waals surface area contributed by atoms with E-state index >= 15 is 0 Å². The molecule has 0 amide bonds. The van der Waals surface area contributed by atoms with Gasteiger partial charge in [-0.15, -0.1) is 0 Å². The molecule has 0 bridgehead atoms. The summed E-state index contributed by atoms with van der Waals surface area (Å²) in [4.78, 5) is 24.2. The van der Waals surface area contributed by atoms with Gasteiger partial charge in [-0.25, -0.2) is 0 Å². The number of ether oxygens (including phenoxy) is 1. The van der Waals surface area contributed by atoms with Crippen LogP contribution in [0, 0.1) is 11.8 Å². The molecule has 1 aliphatic rings. The lowest BCUT2D eigenvalue weighted by Gasteiger charge is -2.32. The summed E-state index contributed by atoms with van der Waals surface area (Å²) >= 11 is 5.95. The Bertz CT molecular complexity index is 843. The maximum atomic E-state index is 12.3. The second kappa shape index (κ2) is 8.75. The Labute approximate surface area is 165 Å². The Kier molecular flexibility index (Phi) is 6.38. The maximum Gasteiger partial charge on any atom is 0.310 e. The Balaban J connectivity index is 1.58. The molecule has 1 fully saturated rings. The van der Waals surface area contributed by atoms with E-state index < -0.39 is 0 Å². The van der Waals surface area contributed by atoms with Gasteiger partial charge in [-0.05, 0) is 41.9 Å². The van der Waals surface area contributed by atoms with Crippen LogP contribution in [0.2, 0.25) is 5.02 Å². The van der Waals surface area contributed by atoms with Crippen LogP contribution in [0.3, 0.4) is 0 Å². The lowest BCUT2D eigenvalue weighted by atomic mass is 9.82. The molecule has 1 aliphatic carbocycles. The zero-order valence-corrected chi connectivity index (χ0v) is 16.6. The molecule has 1 aromatic carbocycles. The number of halogens is 1. The Hall–Kier alpha value is -2.07. The van der Waals surface area contributed by atoms with Crippen molar-refractivity contribution in [1.82, 2.24) is 4.57 Å². The van der Waals surface area contributed by atoms with Gasteiger partial charge in [-0.2, -0.15) is 0 Å². The first-order chi connectivity index (χ1) is 12.9. The summed E-state index contributed by atoms with van der Waals surface area (Å²) < 4.78 is 7.30. The molecule has 2 unspecified atom stereocenters. The third kappa shape index (κ3) is 5.46. The zero-order chi connectivity index (χ0) is 19.4. The van der Waals surface area contributed by atoms with Crippen LogP contribution in [0.4, 0.5) is 0 Å². The van der Waals surface area contributed by atoms with E-state index in [-0.39, 0.29) is 24.1 Å². The van der Waals surface area contributed by atoms with E-state index in [1.165, 1.54) is 12.5 Å². The largest absolute Gasteiger partial charge is 0.462 e. The molecular formula is C22H26ClNO3. The molecule has 0 N–H and O–H groups in total. The van der Waals surface area contributed by atoms with Gasteiger partial charge in [0.1, 0.15) is 6.10 Å². The van der Waals surface area contributed by atoms with Crippen molar-refractivity contribution in [1.29, 1.82) is 0 Å². The first-order valence-corrected chi connectivity index (χ1v) is 9.92. The standard InChI is InChI=1S/C22H26ClNO3/c1-15-3-4-16(2)20(11-15)27-22(26)12-17-5-7-18(8-6-17)13-24-14-19(23)9-10-21(24)25/h5-10,14-16,20H,3-4,11-13H2,1-2H3/t15?,16?,20-/m1/s1. The number of hydrogen-bond acceptors (Lipinski definition) is 3. The molecule has 2 aromatic rings. The predicted molar refractivity (Wildman–Crippen MR) is 107 cm³/mol. The van der Waals surface area contributed by atoms with E-state index in [0.29, 0.717) is 23.4 Å². The van der Waals surface area contributed by atoms with Gasteiger partial charge in [0.2, 0.25) is 0 Å². The van der Waals surface area contributed by atoms with Crippen molar-refractivity contribution in [2.24, 2.45) is 11.8 Å². The predicted octanol–water partition coefficient (Wildman–Crippen LogP) is 4.46. The fraction of sp³-hybridized carbons (Fsp3) is 0.455. The van der Waals surface area contributed by atoms with E-state index in [2.05, 4.69) is 13.8 Å². The number of benzene rings is 1. The third-order valence-corrected chi connectivity index (χ3v) is 5.56.